The van der Waals surface area contributed by atoms with Crippen LogP contribution < -0.4 is 11.1 Å². The van der Waals surface area contributed by atoms with E-state index in [4.69, 9.17) is 5.73 Å². The predicted molar refractivity (Wildman–Crippen MR) is 84.0 cm³/mol. The summed E-state index contributed by atoms with van der Waals surface area (Å²) in [5.41, 5.74) is 8.80. The maximum atomic E-state index is 11.0. The van der Waals surface area contributed by atoms with E-state index >= 15 is 0 Å². The van der Waals surface area contributed by atoms with Crippen molar-refractivity contribution in [2.75, 3.05) is 5.32 Å². The number of carbonyl (C=O) groups is 1. The van der Waals surface area contributed by atoms with Crippen LogP contribution in [0.25, 0.3) is 10.9 Å². The second-order valence-corrected chi connectivity index (χ2v) is 4.79. The molecule has 2 aromatic carbocycles. The number of nitrogens with two attached hydrogens (primary N) is 1. The van der Waals surface area contributed by atoms with Gasteiger partial charge in [-0.3, -0.25) is 9.78 Å². The maximum Gasteiger partial charge on any atom is 0.248 e. The summed E-state index contributed by atoms with van der Waals surface area (Å²) in [6, 6.07) is 17.2. The fourth-order valence-corrected chi connectivity index (χ4v) is 2.26. The van der Waals surface area contributed by atoms with Crippen molar-refractivity contribution < 1.29 is 4.79 Å². The molecule has 0 saturated carbocycles. The zero-order chi connectivity index (χ0) is 14.7. The lowest BCUT2D eigenvalue weighted by molar-refractivity contribution is 0.100. The Bertz CT molecular complexity index is 776. The van der Waals surface area contributed by atoms with Gasteiger partial charge in [-0.15, -0.1) is 0 Å². The van der Waals surface area contributed by atoms with E-state index in [-0.39, 0.29) is 0 Å². The number of benzene rings is 2. The smallest absolute Gasteiger partial charge is 0.248 e. The molecule has 21 heavy (non-hydrogen) atoms. The van der Waals surface area contributed by atoms with Crippen LogP contribution in [0.4, 0.5) is 5.69 Å². The lowest BCUT2D eigenvalue weighted by atomic mass is 10.1. The molecule has 0 saturated heterocycles. The molecule has 3 aromatic rings. The van der Waals surface area contributed by atoms with E-state index in [0.29, 0.717) is 12.1 Å². The van der Waals surface area contributed by atoms with Gasteiger partial charge < -0.3 is 11.1 Å². The standard InChI is InChI=1S/C17H15N3O/c18-17(21)13-6-8-15(9-7-13)20-11-14-4-1-3-12-5-2-10-19-16(12)14/h1-10,20H,11H2,(H2,18,21). The summed E-state index contributed by atoms with van der Waals surface area (Å²) in [5, 5.41) is 4.45. The van der Waals surface area contributed by atoms with Crippen molar-refractivity contribution in [3.8, 4) is 0 Å². The van der Waals surface area contributed by atoms with Crippen LogP contribution in [0.5, 0.6) is 0 Å². The summed E-state index contributed by atoms with van der Waals surface area (Å²) >= 11 is 0. The highest BCUT2D eigenvalue weighted by Gasteiger charge is 2.03. The molecule has 0 aliphatic rings. The van der Waals surface area contributed by atoms with Crippen LogP contribution in [-0.4, -0.2) is 10.9 Å². The topological polar surface area (TPSA) is 68.0 Å². The molecule has 4 nitrogen and oxygen atoms in total. The number of hydrogen-bond donors (Lipinski definition) is 2. The van der Waals surface area contributed by atoms with Gasteiger partial charge in [0.25, 0.3) is 0 Å². The molecule has 0 bridgehead atoms. The second kappa shape index (κ2) is 5.63. The first-order valence-corrected chi connectivity index (χ1v) is 6.70. The highest BCUT2D eigenvalue weighted by atomic mass is 16.1. The van der Waals surface area contributed by atoms with Crippen molar-refractivity contribution in [3.05, 3.63) is 71.9 Å². The van der Waals surface area contributed by atoms with Crippen LogP contribution in [0.1, 0.15) is 15.9 Å². The minimum absolute atomic E-state index is 0.417. The fourth-order valence-electron chi connectivity index (χ4n) is 2.26. The molecule has 0 atom stereocenters. The molecule has 1 amide bonds. The minimum Gasteiger partial charge on any atom is -0.381 e. The lowest BCUT2D eigenvalue weighted by Gasteiger charge is -2.09. The summed E-state index contributed by atoms with van der Waals surface area (Å²) in [4.78, 5) is 15.5. The van der Waals surface area contributed by atoms with Gasteiger partial charge in [-0.25, -0.2) is 0 Å². The first-order valence-electron chi connectivity index (χ1n) is 6.70. The Morgan fingerprint density at radius 2 is 1.81 bits per heavy atom. The average Bonchev–Trinajstić information content (AvgIpc) is 2.53. The predicted octanol–water partition coefficient (Wildman–Crippen LogP) is 2.95. The van der Waals surface area contributed by atoms with E-state index in [2.05, 4.69) is 16.4 Å². The van der Waals surface area contributed by atoms with Crippen molar-refractivity contribution in [2.45, 2.75) is 6.54 Å². The van der Waals surface area contributed by atoms with Gasteiger partial charge in [0.05, 0.1) is 5.52 Å². The van der Waals surface area contributed by atoms with E-state index in [1.54, 1.807) is 18.3 Å². The van der Waals surface area contributed by atoms with Crippen molar-refractivity contribution >= 4 is 22.5 Å². The van der Waals surface area contributed by atoms with E-state index in [1.165, 1.54) is 0 Å². The zero-order valence-electron chi connectivity index (χ0n) is 11.4. The van der Waals surface area contributed by atoms with Gasteiger partial charge in [0.15, 0.2) is 0 Å². The van der Waals surface area contributed by atoms with E-state index < -0.39 is 5.91 Å². The molecular weight excluding hydrogens is 262 g/mol. The number of fused-ring (bicyclic) bond motifs is 1. The Morgan fingerprint density at radius 1 is 1.05 bits per heavy atom. The second-order valence-electron chi connectivity index (χ2n) is 4.79. The number of carbonyl (C=O) groups excluding carboxylic acids is 1. The quantitative estimate of drug-likeness (QED) is 0.770. The van der Waals surface area contributed by atoms with Gasteiger partial charge in [-0.2, -0.15) is 0 Å². The number of nitrogens with one attached hydrogen (secondary N) is 1. The molecule has 104 valence electrons. The van der Waals surface area contributed by atoms with Gasteiger partial charge in [0.2, 0.25) is 5.91 Å². The first kappa shape index (κ1) is 13.1. The van der Waals surface area contributed by atoms with Gasteiger partial charge >= 0.3 is 0 Å². The normalized spacial score (nSPS) is 10.5. The molecular formula is C17H15N3O. The molecule has 0 unspecified atom stereocenters. The Balaban J connectivity index is 1.79. The summed E-state index contributed by atoms with van der Waals surface area (Å²) in [6.45, 7) is 0.671. The third kappa shape index (κ3) is 2.84. The average molecular weight is 277 g/mol. The molecule has 0 fully saturated rings. The molecule has 0 aliphatic heterocycles. The third-order valence-corrected chi connectivity index (χ3v) is 3.37. The van der Waals surface area contributed by atoms with Crippen molar-refractivity contribution in [1.29, 1.82) is 0 Å². The number of rotatable bonds is 4. The molecule has 0 aliphatic carbocycles. The summed E-state index contributed by atoms with van der Waals surface area (Å²) in [5.74, 6) is -0.417. The van der Waals surface area contributed by atoms with Crippen LogP contribution in [0.15, 0.2) is 60.8 Å². The molecule has 3 N–H and O–H groups in total. The number of pyridine rings is 1. The first-order chi connectivity index (χ1) is 10.2. The molecule has 0 spiro atoms. The summed E-state index contributed by atoms with van der Waals surface area (Å²) in [6.07, 6.45) is 1.80. The molecule has 1 aromatic heterocycles. The Labute approximate surface area is 122 Å². The van der Waals surface area contributed by atoms with Crippen molar-refractivity contribution in [3.63, 3.8) is 0 Å². The Kier molecular flexibility index (Phi) is 3.51. The van der Waals surface area contributed by atoms with Gasteiger partial charge in [0, 0.05) is 29.4 Å². The van der Waals surface area contributed by atoms with Gasteiger partial charge in [-0.05, 0) is 35.9 Å². The number of aromatic nitrogens is 1. The van der Waals surface area contributed by atoms with Gasteiger partial charge in [0.1, 0.15) is 0 Å². The Morgan fingerprint density at radius 3 is 2.57 bits per heavy atom. The van der Waals surface area contributed by atoms with Crippen LogP contribution in [0, 0.1) is 0 Å². The summed E-state index contributed by atoms with van der Waals surface area (Å²) in [7, 11) is 0. The van der Waals surface area contributed by atoms with E-state index in [1.807, 2.05) is 36.4 Å². The monoisotopic (exact) mass is 277 g/mol. The number of amides is 1. The third-order valence-electron chi connectivity index (χ3n) is 3.37. The molecule has 0 radical (unpaired) electrons. The van der Waals surface area contributed by atoms with Gasteiger partial charge in [-0.1, -0.05) is 24.3 Å². The molecule has 1 heterocycles. The van der Waals surface area contributed by atoms with E-state index in [0.717, 1.165) is 22.2 Å². The SMILES string of the molecule is NC(=O)c1ccc(NCc2cccc3cccnc23)cc1. The van der Waals surface area contributed by atoms with Crippen molar-refractivity contribution in [1.82, 2.24) is 4.98 Å². The number of anilines is 1. The molecule has 4 heteroatoms. The number of nitrogens with zero attached hydrogens (tertiary/aromatic N) is 1. The minimum atomic E-state index is -0.417. The largest absolute Gasteiger partial charge is 0.381 e. The van der Waals surface area contributed by atoms with Crippen LogP contribution >= 0.6 is 0 Å². The molecule has 3 rings (SSSR count). The Hall–Kier alpha value is -2.88. The van der Waals surface area contributed by atoms with Crippen LogP contribution in [-0.2, 0) is 6.54 Å². The number of primary amides is 1. The van der Waals surface area contributed by atoms with Crippen LogP contribution in [0.3, 0.4) is 0 Å². The number of para-hydroxylation sites is 1. The maximum absolute atomic E-state index is 11.0. The van der Waals surface area contributed by atoms with Crippen molar-refractivity contribution in [2.24, 2.45) is 5.73 Å². The highest BCUT2D eigenvalue weighted by Crippen LogP contribution is 2.17. The van der Waals surface area contributed by atoms with Crippen LogP contribution in [0.2, 0.25) is 0 Å². The zero-order valence-corrected chi connectivity index (χ0v) is 11.4. The summed E-state index contributed by atoms with van der Waals surface area (Å²) < 4.78 is 0. The number of hydrogen-bond acceptors (Lipinski definition) is 3. The fraction of sp³-hybridized carbons (Fsp3) is 0.0588. The lowest BCUT2D eigenvalue weighted by Crippen LogP contribution is -2.10. The highest BCUT2D eigenvalue weighted by molar-refractivity contribution is 5.93. The van der Waals surface area contributed by atoms with E-state index in [9.17, 15) is 4.79 Å².